The molecule has 2 aliphatic heterocycles. The molecule has 184 valence electrons. The number of nitrogens with one attached hydrogen (secondary N) is 1. The maximum absolute atomic E-state index is 13.2. The van der Waals surface area contributed by atoms with Crippen molar-refractivity contribution >= 4 is 44.5 Å². The van der Waals surface area contributed by atoms with E-state index in [4.69, 9.17) is 13.9 Å². The van der Waals surface area contributed by atoms with Crippen molar-refractivity contribution in [2.75, 3.05) is 62.8 Å². The molecule has 2 fully saturated rings. The lowest BCUT2D eigenvalue weighted by atomic mass is 10.2. The lowest BCUT2D eigenvalue weighted by Crippen LogP contribution is -2.40. The molecule has 1 N–H and O–H groups in total. The predicted molar refractivity (Wildman–Crippen MR) is 131 cm³/mol. The van der Waals surface area contributed by atoms with Gasteiger partial charge in [0.25, 0.3) is 0 Å². The number of sulfonamides is 1. The quantitative estimate of drug-likeness (QED) is 0.515. The summed E-state index contributed by atoms with van der Waals surface area (Å²) in [6.45, 7) is 3.68. The molecule has 0 unspecified atom stereocenters. The largest absolute Gasteiger partial charge is 0.437 e. The fourth-order valence-corrected chi connectivity index (χ4v) is 5.51. The average molecular weight is 499 g/mol. The van der Waals surface area contributed by atoms with E-state index in [0.717, 1.165) is 5.69 Å². The topological polar surface area (TPSA) is 114 Å². The standard InChI is InChI=1S/C24H26N4O6S/c29-23(7-8-24-26-19-3-1-2-4-22(19)34-24)25-20-17-18(35(30,31)28-11-15-33-16-12-28)5-6-21(20)27-9-13-32-14-10-27/h1-8,17H,9-16H2,(H,25,29)/b8-7+. The molecule has 2 saturated heterocycles. The minimum atomic E-state index is -3.72. The minimum absolute atomic E-state index is 0.120. The molecule has 3 heterocycles. The Morgan fingerprint density at radius 2 is 1.69 bits per heavy atom. The molecule has 0 saturated carbocycles. The predicted octanol–water partition coefficient (Wildman–Crippen LogP) is 2.34. The second-order valence-electron chi connectivity index (χ2n) is 8.14. The third kappa shape index (κ3) is 5.22. The number of ether oxygens (including phenoxy) is 2. The summed E-state index contributed by atoms with van der Waals surface area (Å²) >= 11 is 0. The number of amides is 1. The zero-order chi connectivity index (χ0) is 24.3. The van der Waals surface area contributed by atoms with Gasteiger partial charge in [-0.2, -0.15) is 4.31 Å². The third-order valence-electron chi connectivity index (χ3n) is 5.87. The number of nitrogens with zero attached hydrogens (tertiary/aromatic N) is 3. The molecule has 11 heteroatoms. The fraction of sp³-hybridized carbons (Fsp3) is 0.333. The highest BCUT2D eigenvalue weighted by Crippen LogP contribution is 2.31. The van der Waals surface area contributed by atoms with Gasteiger partial charge in [0.15, 0.2) is 5.58 Å². The molecule has 3 aromatic rings. The van der Waals surface area contributed by atoms with Crippen LogP contribution in [0.15, 0.2) is 57.9 Å². The number of hydrogen-bond donors (Lipinski definition) is 1. The van der Waals surface area contributed by atoms with Crippen LogP contribution in [-0.4, -0.2) is 76.2 Å². The van der Waals surface area contributed by atoms with Gasteiger partial charge in [-0.3, -0.25) is 4.79 Å². The van der Waals surface area contributed by atoms with Gasteiger partial charge in [-0.1, -0.05) is 12.1 Å². The summed E-state index contributed by atoms with van der Waals surface area (Å²) in [6, 6.07) is 12.2. The SMILES string of the molecule is O=C(/C=C/c1nc2ccccc2o1)Nc1cc(S(=O)(=O)N2CCOCC2)ccc1N1CCOCC1. The fourth-order valence-electron chi connectivity index (χ4n) is 4.07. The Labute approximate surface area is 203 Å². The van der Waals surface area contributed by atoms with Crippen LogP contribution in [0.4, 0.5) is 11.4 Å². The summed E-state index contributed by atoms with van der Waals surface area (Å²) in [5.41, 5.74) is 2.47. The van der Waals surface area contributed by atoms with E-state index in [1.54, 1.807) is 18.2 Å². The Hall–Kier alpha value is -3.25. The van der Waals surface area contributed by atoms with Gasteiger partial charge in [-0.05, 0) is 30.3 Å². The average Bonchev–Trinajstić information content (AvgIpc) is 3.32. The van der Waals surface area contributed by atoms with Crippen molar-refractivity contribution in [2.45, 2.75) is 4.90 Å². The van der Waals surface area contributed by atoms with Crippen molar-refractivity contribution in [3.05, 3.63) is 54.4 Å². The Bertz CT molecular complexity index is 1310. The summed E-state index contributed by atoms with van der Waals surface area (Å²) < 4.78 is 44.1. The first-order chi connectivity index (χ1) is 17.0. The monoisotopic (exact) mass is 498 g/mol. The van der Waals surface area contributed by atoms with Crippen LogP contribution >= 0.6 is 0 Å². The number of rotatable bonds is 6. The highest BCUT2D eigenvalue weighted by atomic mass is 32.2. The normalized spacial score (nSPS) is 17.8. The molecular weight excluding hydrogens is 472 g/mol. The van der Waals surface area contributed by atoms with Crippen LogP contribution in [0.5, 0.6) is 0 Å². The number of fused-ring (bicyclic) bond motifs is 1. The summed E-state index contributed by atoms with van der Waals surface area (Å²) in [5.74, 6) is -0.124. The van der Waals surface area contributed by atoms with Crippen molar-refractivity contribution in [3.8, 4) is 0 Å². The van der Waals surface area contributed by atoms with Crippen molar-refractivity contribution in [2.24, 2.45) is 0 Å². The molecule has 1 aromatic heterocycles. The van der Waals surface area contributed by atoms with Crippen molar-refractivity contribution in [1.82, 2.24) is 9.29 Å². The van der Waals surface area contributed by atoms with Crippen LogP contribution in [-0.2, 0) is 24.3 Å². The molecule has 2 aliphatic rings. The number of para-hydroxylation sites is 2. The number of aromatic nitrogens is 1. The zero-order valence-electron chi connectivity index (χ0n) is 19.1. The second kappa shape index (κ2) is 10.2. The molecule has 2 aromatic carbocycles. The molecule has 0 spiro atoms. The van der Waals surface area contributed by atoms with Crippen LogP contribution in [0.1, 0.15) is 5.89 Å². The van der Waals surface area contributed by atoms with E-state index >= 15 is 0 Å². The number of hydrogen-bond acceptors (Lipinski definition) is 8. The zero-order valence-corrected chi connectivity index (χ0v) is 19.9. The van der Waals surface area contributed by atoms with Gasteiger partial charge in [0.05, 0.1) is 42.7 Å². The summed E-state index contributed by atoms with van der Waals surface area (Å²) in [7, 11) is -3.72. The summed E-state index contributed by atoms with van der Waals surface area (Å²) in [4.78, 5) is 19.3. The number of carbonyl (C=O) groups excluding carboxylic acids is 1. The van der Waals surface area contributed by atoms with E-state index in [9.17, 15) is 13.2 Å². The van der Waals surface area contributed by atoms with Gasteiger partial charge in [-0.25, -0.2) is 13.4 Å². The molecule has 0 radical (unpaired) electrons. The lowest BCUT2D eigenvalue weighted by molar-refractivity contribution is -0.111. The lowest BCUT2D eigenvalue weighted by Gasteiger charge is -2.31. The maximum Gasteiger partial charge on any atom is 0.248 e. The number of carbonyl (C=O) groups is 1. The smallest absolute Gasteiger partial charge is 0.248 e. The van der Waals surface area contributed by atoms with Gasteiger partial charge < -0.3 is 24.1 Å². The van der Waals surface area contributed by atoms with Gasteiger partial charge in [0.1, 0.15) is 5.52 Å². The van der Waals surface area contributed by atoms with Gasteiger partial charge in [0, 0.05) is 38.3 Å². The van der Waals surface area contributed by atoms with Crippen molar-refractivity contribution in [1.29, 1.82) is 0 Å². The Morgan fingerprint density at radius 1 is 0.971 bits per heavy atom. The Morgan fingerprint density at radius 3 is 2.43 bits per heavy atom. The van der Waals surface area contributed by atoms with Crippen molar-refractivity contribution in [3.63, 3.8) is 0 Å². The van der Waals surface area contributed by atoms with Gasteiger partial charge in [-0.15, -0.1) is 0 Å². The van der Waals surface area contributed by atoms with E-state index in [0.29, 0.717) is 75.3 Å². The second-order valence-corrected chi connectivity index (χ2v) is 10.1. The number of morpholine rings is 2. The summed E-state index contributed by atoms with van der Waals surface area (Å²) in [5, 5.41) is 2.84. The molecule has 5 rings (SSSR count). The number of oxazole rings is 1. The highest BCUT2D eigenvalue weighted by molar-refractivity contribution is 7.89. The minimum Gasteiger partial charge on any atom is -0.437 e. The third-order valence-corrected chi connectivity index (χ3v) is 7.77. The Balaban J connectivity index is 1.41. The molecule has 1 amide bonds. The molecule has 0 bridgehead atoms. The molecular formula is C24H26N4O6S. The van der Waals surface area contributed by atoms with Crippen LogP contribution < -0.4 is 10.2 Å². The van der Waals surface area contributed by atoms with E-state index in [1.165, 1.54) is 22.5 Å². The van der Waals surface area contributed by atoms with Crippen LogP contribution in [0, 0.1) is 0 Å². The first-order valence-corrected chi connectivity index (χ1v) is 12.8. The van der Waals surface area contributed by atoms with Crippen LogP contribution in [0.3, 0.4) is 0 Å². The van der Waals surface area contributed by atoms with Crippen LogP contribution in [0.2, 0.25) is 0 Å². The van der Waals surface area contributed by atoms with E-state index < -0.39 is 15.9 Å². The van der Waals surface area contributed by atoms with E-state index in [2.05, 4.69) is 15.2 Å². The van der Waals surface area contributed by atoms with Crippen molar-refractivity contribution < 1.29 is 27.1 Å². The highest BCUT2D eigenvalue weighted by Gasteiger charge is 2.28. The molecule has 0 aliphatic carbocycles. The molecule has 10 nitrogen and oxygen atoms in total. The molecule has 35 heavy (non-hydrogen) atoms. The first-order valence-electron chi connectivity index (χ1n) is 11.4. The van der Waals surface area contributed by atoms with E-state index in [-0.39, 0.29) is 4.90 Å². The Kier molecular flexibility index (Phi) is 6.82. The van der Waals surface area contributed by atoms with E-state index in [1.807, 2.05) is 18.2 Å². The van der Waals surface area contributed by atoms with Gasteiger partial charge >= 0.3 is 0 Å². The molecule has 0 atom stereocenters. The number of anilines is 2. The number of benzene rings is 2. The maximum atomic E-state index is 13.2. The summed E-state index contributed by atoms with van der Waals surface area (Å²) in [6.07, 6.45) is 2.80. The van der Waals surface area contributed by atoms with Gasteiger partial charge in [0.2, 0.25) is 21.8 Å². The van der Waals surface area contributed by atoms with Crippen LogP contribution in [0.25, 0.3) is 17.2 Å². The first kappa shape index (κ1) is 23.5.